The van der Waals surface area contributed by atoms with Crippen LogP contribution in [0.25, 0.3) is 0 Å². The third-order valence-electron chi connectivity index (χ3n) is 3.07. The minimum Gasteiger partial charge on any atom is -0.353 e. The standard InChI is InChI=1S/C9H15NO/c1-6(2)7-5-9(3-4-9)8(11)10-7/h6-7H,3-5H2,1-2H3,(H,10,11). The largest absolute Gasteiger partial charge is 0.353 e. The minimum absolute atomic E-state index is 0.106. The van der Waals surface area contributed by atoms with Crippen molar-refractivity contribution >= 4 is 5.91 Å². The Kier molecular flexibility index (Phi) is 1.29. The molecule has 2 aliphatic rings. The molecule has 0 aromatic carbocycles. The predicted molar refractivity (Wildman–Crippen MR) is 43.1 cm³/mol. The van der Waals surface area contributed by atoms with Gasteiger partial charge in [-0.05, 0) is 25.2 Å². The maximum absolute atomic E-state index is 11.4. The summed E-state index contributed by atoms with van der Waals surface area (Å²) in [5.74, 6) is 0.912. The van der Waals surface area contributed by atoms with Crippen LogP contribution < -0.4 is 5.32 Å². The number of hydrogen-bond donors (Lipinski definition) is 1. The number of nitrogens with one attached hydrogen (secondary N) is 1. The van der Waals surface area contributed by atoms with E-state index in [0.29, 0.717) is 17.9 Å². The van der Waals surface area contributed by atoms with Crippen molar-refractivity contribution in [1.29, 1.82) is 0 Å². The molecule has 0 aromatic heterocycles. The fraction of sp³-hybridized carbons (Fsp3) is 0.889. The molecule has 1 saturated heterocycles. The molecule has 0 aromatic rings. The molecule has 1 amide bonds. The van der Waals surface area contributed by atoms with Crippen molar-refractivity contribution < 1.29 is 4.79 Å². The van der Waals surface area contributed by atoms with E-state index in [1.54, 1.807) is 0 Å². The van der Waals surface area contributed by atoms with Gasteiger partial charge in [-0.1, -0.05) is 13.8 Å². The lowest BCUT2D eigenvalue weighted by atomic mass is 9.96. The van der Waals surface area contributed by atoms with Gasteiger partial charge in [-0.3, -0.25) is 4.79 Å². The molecule has 1 aliphatic heterocycles. The van der Waals surface area contributed by atoms with Crippen molar-refractivity contribution in [2.45, 2.75) is 39.2 Å². The number of carbonyl (C=O) groups is 1. The molecule has 2 fully saturated rings. The topological polar surface area (TPSA) is 29.1 Å². The van der Waals surface area contributed by atoms with Crippen LogP contribution in [0.1, 0.15) is 33.1 Å². The van der Waals surface area contributed by atoms with E-state index < -0.39 is 0 Å². The van der Waals surface area contributed by atoms with Crippen LogP contribution in [0.3, 0.4) is 0 Å². The Balaban J connectivity index is 2.07. The van der Waals surface area contributed by atoms with E-state index in [4.69, 9.17) is 0 Å². The van der Waals surface area contributed by atoms with E-state index in [9.17, 15) is 4.79 Å². The molecule has 0 bridgehead atoms. The van der Waals surface area contributed by atoms with Gasteiger partial charge in [-0.15, -0.1) is 0 Å². The van der Waals surface area contributed by atoms with E-state index in [-0.39, 0.29) is 5.41 Å². The van der Waals surface area contributed by atoms with Gasteiger partial charge >= 0.3 is 0 Å². The minimum atomic E-state index is 0.106. The summed E-state index contributed by atoms with van der Waals surface area (Å²) in [5.41, 5.74) is 0.106. The SMILES string of the molecule is CC(C)C1CC2(CC2)C(=O)N1. The lowest BCUT2D eigenvalue weighted by Gasteiger charge is -2.13. The van der Waals surface area contributed by atoms with Crippen molar-refractivity contribution in [2.75, 3.05) is 0 Å². The smallest absolute Gasteiger partial charge is 0.226 e. The van der Waals surface area contributed by atoms with E-state index >= 15 is 0 Å². The molecule has 1 atom stereocenters. The van der Waals surface area contributed by atoms with Crippen LogP contribution >= 0.6 is 0 Å². The van der Waals surface area contributed by atoms with Crippen molar-refractivity contribution in [2.24, 2.45) is 11.3 Å². The Labute approximate surface area is 67.4 Å². The van der Waals surface area contributed by atoms with Gasteiger partial charge in [0.15, 0.2) is 0 Å². The molecule has 0 radical (unpaired) electrons. The molecule has 1 unspecified atom stereocenters. The average Bonchev–Trinajstić information content (AvgIpc) is 2.59. The fourth-order valence-electron chi connectivity index (χ4n) is 1.87. The monoisotopic (exact) mass is 153 g/mol. The van der Waals surface area contributed by atoms with E-state index in [2.05, 4.69) is 19.2 Å². The lowest BCUT2D eigenvalue weighted by Crippen LogP contribution is -2.30. The molecular weight excluding hydrogens is 138 g/mol. The highest BCUT2D eigenvalue weighted by Crippen LogP contribution is 2.53. The zero-order valence-electron chi connectivity index (χ0n) is 7.18. The molecule has 1 heterocycles. The van der Waals surface area contributed by atoms with E-state index in [0.717, 1.165) is 19.3 Å². The molecule has 2 heteroatoms. The number of rotatable bonds is 1. The summed E-state index contributed by atoms with van der Waals surface area (Å²) >= 11 is 0. The van der Waals surface area contributed by atoms with Crippen LogP contribution in [0, 0.1) is 11.3 Å². The Morgan fingerprint density at radius 1 is 1.55 bits per heavy atom. The summed E-state index contributed by atoms with van der Waals surface area (Å²) in [4.78, 5) is 11.4. The van der Waals surface area contributed by atoms with Gasteiger partial charge in [-0.25, -0.2) is 0 Å². The van der Waals surface area contributed by atoms with Gasteiger partial charge in [0.2, 0.25) is 5.91 Å². The first-order valence-electron chi connectivity index (χ1n) is 4.45. The number of carbonyl (C=O) groups excluding carboxylic acids is 1. The van der Waals surface area contributed by atoms with E-state index in [1.807, 2.05) is 0 Å². The second-order valence-electron chi connectivity index (χ2n) is 4.31. The number of hydrogen-bond acceptors (Lipinski definition) is 1. The molecule has 1 N–H and O–H groups in total. The molecule has 2 nitrogen and oxygen atoms in total. The quantitative estimate of drug-likeness (QED) is 0.604. The van der Waals surface area contributed by atoms with Crippen molar-refractivity contribution in [3.05, 3.63) is 0 Å². The van der Waals surface area contributed by atoms with Crippen molar-refractivity contribution in [3.8, 4) is 0 Å². The molecule has 2 rings (SSSR count). The van der Waals surface area contributed by atoms with Crippen LogP contribution in [0.15, 0.2) is 0 Å². The summed E-state index contributed by atoms with van der Waals surface area (Å²) in [6, 6.07) is 0.449. The molecule has 1 aliphatic carbocycles. The highest BCUT2D eigenvalue weighted by Gasteiger charge is 2.55. The highest BCUT2D eigenvalue weighted by molar-refractivity contribution is 5.87. The number of amides is 1. The van der Waals surface area contributed by atoms with Gasteiger partial charge in [0.25, 0.3) is 0 Å². The third kappa shape index (κ3) is 0.959. The van der Waals surface area contributed by atoms with Crippen molar-refractivity contribution in [1.82, 2.24) is 5.32 Å². The summed E-state index contributed by atoms with van der Waals surface area (Å²) in [7, 11) is 0. The first-order valence-corrected chi connectivity index (χ1v) is 4.45. The summed E-state index contributed by atoms with van der Waals surface area (Å²) < 4.78 is 0. The average molecular weight is 153 g/mol. The van der Waals surface area contributed by atoms with Crippen LogP contribution in [-0.4, -0.2) is 11.9 Å². The maximum atomic E-state index is 11.4. The lowest BCUT2D eigenvalue weighted by molar-refractivity contribution is -0.123. The normalized spacial score (nSPS) is 33.0. The second-order valence-corrected chi connectivity index (χ2v) is 4.31. The fourth-order valence-corrected chi connectivity index (χ4v) is 1.87. The summed E-state index contributed by atoms with van der Waals surface area (Å²) in [5, 5.41) is 3.07. The van der Waals surface area contributed by atoms with Crippen LogP contribution in [0.4, 0.5) is 0 Å². The molecule has 1 saturated carbocycles. The van der Waals surface area contributed by atoms with Crippen LogP contribution in [0.5, 0.6) is 0 Å². The Hall–Kier alpha value is -0.530. The summed E-state index contributed by atoms with van der Waals surface area (Å²) in [6.45, 7) is 4.35. The van der Waals surface area contributed by atoms with Gasteiger partial charge < -0.3 is 5.32 Å². The third-order valence-corrected chi connectivity index (χ3v) is 3.07. The van der Waals surface area contributed by atoms with Crippen molar-refractivity contribution in [3.63, 3.8) is 0 Å². The zero-order chi connectivity index (χ0) is 8.06. The van der Waals surface area contributed by atoms with Gasteiger partial charge in [-0.2, -0.15) is 0 Å². The molecule has 11 heavy (non-hydrogen) atoms. The van der Waals surface area contributed by atoms with Gasteiger partial charge in [0.1, 0.15) is 0 Å². The molecule has 1 spiro atoms. The summed E-state index contributed by atoms with van der Waals surface area (Å²) in [6.07, 6.45) is 3.34. The van der Waals surface area contributed by atoms with Gasteiger partial charge in [0, 0.05) is 6.04 Å². The van der Waals surface area contributed by atoms with Crippen LogP contribution in [0.2, 0.25) is 0 Å². The highest BCUT2D eigenvalue weighted by atomic mass is 16.2. The first-order chi connectivity index (χ1) is 5.14. The Bertz CT molecular complexity index is 194. The molecular formula is C9H15NO. The maximum Gasteiger partial charge on any atom is 0.226 e. The van der Waals surface area contributed by atoms with Crippen LogP contribution in [-0.2, 0) is 4.79 Å². The molecule has 62 valence electrons. The predicted octanol–water partition coefficient (Wildman–Crippen LogP) is 1.31. The zero-order valence-corrected chi connectivity index (χ0v) is 7.18. The second kappa shape index (κ2) is 1.99. The first kappa shape index (κ1) is 7.14. The van der Waals surface area contributed by atoms with Gasteiger partial charge in [0.05, 0.1) is 5.41 Å². The Morgan fingerprint density at radius 2 is 2.18 bits per heavy atom. The van der Waals surface area contributed by atoms with E-state index in [1.165, 1.54) is 0 Å². The Morgan fingerprint density at radius 3 is 2.45 bits per heavy atom.